The quantitative estimate of drug-likeness (QED) is 0.173. The van der Waals surface area contributed by atoms with Crippen LogP contribution in [-0.2, 0) is 14.9 Å². The normalized spacial score (nSPS) is 14.2. The summed E-state index contributed by atoms with van der Waals surface area (Å²) in [6.45, 7) is 1.98. The Morgan fingerprint density at radius 2 is 1.89 bits per heavy atom. The maximum atomic E-state index is 15.5. The zero-order chi connectivity index (χ0) is 27.4. The Kier molecular flexibility index (Phi) is 9.19. The summed E-state index contributed by atoms with van der Waals surface area (Å²) in [7, 11) is -4.62. The van der Waals surface area contributed by atoms with Gasteiger partial charge in [0.05, 0.1) is 28.6 Å². The summed E-state index contributed by atoms with van der Waals surface area (Å²) in [6, 6.07) is 8.05. The summed E-state index contributed by atoms with van der Waals surface area (Å²) in [6.07, 6.45) is 5.23. The molecule has 1 unspecified atom stereocenters. The molecule has 1 heterocycles. The van der Waals surface area contributed by atoms with Crippen molar-refractivity contribution in [3.8, 4) is 0 Å². The van der Waals surface area contributed by atoms with Crippen molar-refractivity contribution in [1.29, 1.82) is 0 Å². The minimum atomic E-state index is -4.62. The first-order valence-corrected chi connectivity index (χ1v) is 14.6. The maximum absolute atomic E-state index is 15.5. The van der Waals surface area contributed by atoms with Crippen LogP contribution in [0.3, 0.4) is 0 Å². The first-order chi connectivity index (χ1) is 18.1. The molecule has 0 saturated heterocycles. The lowest BCUT2D eigenvalue weighted by Crippen LogP contribution is -2.31. The number of carbonyl (C=O) groups excluding carboxylic acids is 1. The second-order valence-electron chi connectivity index (χ2n) is 8.72. The van der Waals surface area contributed by atoms with Crippen LogP contribution in [0.2, 0.25) is 5.02 Å². The molecule has 1 aromatic heterocycles. The largest absolute Gasteiger partial charge is 0.351 e. The van der Waals surface area contributed by atoms with Crippen molar-refractivity contribution < 1.29 is 26.8 Å². The highest BCUT2D eigenvalue weighted by Crippen LogP contribution is 2.35. The highest BCUT2D eigenvalue weighted by molar-refractivity contribution is 14.1. The molecule has 0 aliphatic heterocycles. The van der Waals surface area contributed by atoms with Crippen molar-refractivity contribution in [3.63, 3.8) is 0 Å². The molecule has 4 rings (SSSR count). The van der Waals surface area contributed by atoms with Crippen LogP contribution >= 0.6 is 34.2 Å². The number of nitrogens with one attached hydrogen (secondary N) is 3. The Hall–Kier alpha value is -2.39. The molecule has 1 aliphatic rings. The van der Waals surface area contributed by atoms with Crippen LogP contribution in [-0.4, -0.2) is 25.9 Å². The topological polar surface area (TPSA) is 109 Å². The molecule has 38 heavy (non-hydrogen) atoms. The number of pyridine rings is 1. The predicted molar refractivity (Wildman–Crippen MR) is 148 cm³/mol. The number of hydroxylamine groups is 1. The minimum Gasteiger partial charge on any atom is -0.351 e. The Bertz CT molecular complexity index is 1440. The second-order valence-corrected chi connectivity index (χ2v) is 12.1. The van der Waals surface area contributed by atoms with Gasteiger partial charge in [-0.2, -0.15) is 0 Å². The summed E-state index contributed by atoms with van der Waals surface area (Å²) >= 11 is 8.28. The molecule has 1 aliphatic carbocycles. The summed E-state index contributed by atoms with van der Waals surface area (Å²) in [4.78, 5) is 21.1. The molecular formula is C25H24ClF2IN4O4S. The molecule has 3 N–H and O–H groups in total. The van der Waals surface area contributed by atoms with Crippen molar-refractivity contribution in [2.75, 3.05) is 11.9 Å². The van der Waals surface area contributed by atoms with Gasteiger partial charge in [0.2, 0.25) is 10.0 Å². The molecule has 13 heteroatoms. The monoisotopic (exact) mass is 676 g/mol. The number of aromatic nitrogens is 1. The Balaban J connectivity index is 1.74. The Morgan fingerprint density at radius 1 is 1.18 bits per heavy atom. The standard InChI is InChI=1S/C25H24ClF2IN4O4S/c1-2-19(15-7-9-30-10-8-15)33-38(35,36)21-12-17(25(34)32-37-13-14-3-4-14)24(23(28)22(21)27)31-20-6-5-16(29)11-18(20)26/h5-12,14,19,31,33H,2-4,13H2,1H3,(H,32,34). The van der Waals surface area contributed by atoms with Crippen molar-refractivity contribution in [2.24, 2.45) is 5.92 Å². The molecule has 2 aromatic carbocycles. The molecular weight excluding hydrogens is 653 g/mol. The van der Waals surface area contributed by atoms with Gasteiger partial charge < -0.3 is 5.32 Å². The van der Waals surface area contributed by atoms with Crippen LogP contribution < -0.4 is 15.5 Å². The van der Waals surface area contributed by atoms with E-state index in [1.54, 1.807) is 31.2 Å². The number of halogens is 4. The zero-order valence-corrected chi connectivity index (χ0v) is 23.8. The second kappa shape index (κ2) is 12.2. The van der Waals surface area contributed by atoms with E-state index in [1.807, 2.05) is 22.6 Å². The third-order valence-electron chi connectivity index (χ3n) is 5.89. The molecule has 0 radical (unpaired) electrons. The molecule has 0 spiro atoms. The van der Waals surface area contributed by atoms with E-state index < -0.39 is 49.8 Å². The van der Waals surface area contributed by atoms with E-state index in [0.717, 1.165) is 22.5 Å². The first-order valence-electron chi connectivity index (χ1n) is 11.7. The fraction of sp³-hybridized carbons (Fsp3) is 0.280. The van der Waals surface area contributed by atoms with Crippen LogP contribution in [0.4, 0.5) is 20.2 Å². The van der Waals surface area contributed by atoms with Crippen molar-refractivity contribution in [1.82, 2.24) is 15.2 Å². The van der Waals surface area contributed by atoms with E-state index in [4.69, 9.17) is 16.4 Å². The van der Waals surface area contributed by atoms with Crippen LogP contribution in [0, 0.1) is 21.1 Å². The summed E-state index contributed by atoms with van der Waals surface area (Å²) in [5.74, 6) is -3.86. The van der Waals surface area contributed by atoms with Gasteiger partial charge in [-0.15, -0.1) is 0 Å². The first kappa shape index (κ1) is 28.6. The van der Waals surface area contributed by atoms with Crippen LogP contribution in [0.5, 0.6) is 0 Å². The molecule has 3 aromatic rings. The maximum Gasteiger partial charge on any atom is 0.277 e. The Morgan fingerprint density at radius 3 is 2.53 bits per heavy atom. The molecule has 1 atom stereocenters. The van der Waals surface area contributed by atoms with Gasteiger partial charge in [-0.05, 0) is 89.7 Å². The van der Waals surface area contributed by atoms with Gasteiger partial charge >= 0.3 is 0 Å². The van der Waals surface area contributed by atoms with E-state index in [9.17, 15) is 13.2 Å². The third-order valence-corrected chi connectivity index (χ3v) is 8.35. The van der Waals surface area contributed by atoms with E-state index >= 15 is 8.78 Å². The summed E-state index contributed by atoms with van der Waals surface area (Å²) < 4.78 is 60.6. The number of hydrogen-bond acceptors (Lipinski definition) is 6. The van der Waals surface area contributed by atoms with Gasteiger partial charge in [0, 0.05) is 22.0 Å². The predicted octanol–water partition coefficient (Wildman–Crippen LogP) is 5.86. The molecule has 8 nitrogen and oxygen atoms in total. The van der Waals surface area contributed by atoms with E-state index in [-0.39, 0.29) is 17.3 Å². The number of amides is 1. The number of benzene rings is 2. The number of rotatable bonds is 11. The number of carbonyl (C=O) groups is 1. The lowest BCUT2D eigenvalue weighted by Gasteiger charge is -2.20. The van der Waals surface area contributed by atoms with Crippen LogP contribution in [0.1, 0.15) is 48.1 Å². The number of nitrogens with zero attached hydrogens (tertiary/aromatic N) is 1. The Labute approximate surface area is 237 Å². The highest BCUT2D eigenvalue weighted by Gasteiger charge is 2.31. The smallest absolute Gasteiger partial charge is 0.277 e. The van der Waals surface area contributed by atoms with Crippen molar-refractivity contribution in [3.05, 3.63) is 80.1 Å². The molecule has 0 bridgehead atoms. The molecule has 1 amide bonds. The highest BCUT2D eigenvalue weighted by atomic mass is 127. The third kappa shape index (κ3) is 6.78. The van der Waals surface area contributed by atoms with Crippen molar-refractivity contribution in [2.45, 2.75) is 37.1 Å². The molecule has 202 valence electrons. The van der Waals surface area contributed by atoms with Gasteiger partial charge in [0.1, 0.15) is 4.90 Å². The molecule has 1 fully saturated rings. The van der Waals surface area contributed by atoms with E-state index in [1.165, 1.54) is 18.5 Å². The van der Waals surface area contributed by atoms with E-state index in [2.05, 4.69) is 20.5 Å². The van der Waals surface area contributed by atoms with Gasteiger partial charge in [0.25, 0.3) is 5.91 Å². The number of anilines is 2. The van der Waals surface area contributed by atoms with Gasteiger partial charge in [-0.1, -0.05) is 18.5 Å². The van der Waals surface area contributed by atoms with Crippen LogP contribution in [0.15, 0.2) is 53.7 Å². The number of hydrogen-bond donors (Lipinski definition) is 3. The lowest BCUT2D eigenvalue weighted by atomic mass is 10.1. The summed E-state index contributed by atoms with van der Waals surface area (Å²) in [5, 5.41) is 2.83. The average molecular weight is 677 g/mol. The SMILES string of the molecule is CCC(NS(=O)(=O)c1cc(C(=O)NOCC2CC2)c(Nc2ccc(I)cc2Cl)c(F)c1F)c1ccncc1. The van der Waals surface area contributed by atoms with Crippen LogP contribution in [0.25, 0.3) is 0 Å². The minimum absolute atomic E-state index is 0.189. The van der Waals surface area contributed by atoms with Crippen molar-refractivity contribution >= 4 is 61.5 Å². The zero-order valence-electron chi connectivity index (χ0n) is 20.1. The van der Waals surface area contributed by atoms with Gasteiger partial charge in [0.15, 0.2) is 11.6 Å². The fourth-order valence-electron chi connectivity index (χ4n) is 3.62. The fourth-order valence-corrected chi connectivity index (χ4v) is 5.93. The summed E-state index contributed by atoms with van der Waals surface area (Å²) in [5.41, 5.74) is 1.91. The number of sulfonamides is 1. The lowest BCUT2D eigenvalue weighted by molar-refractivity contribution is 0.0270. The van der Waals surface area contributed by atoms with E-state index in [0.29, 0.717) is 17.9 Å². The van der Waals surface area contributed by atoms with Gasteiger partial charge in [-0.3, -0.25) is 14.6 Å². The molecule has 1 saturated carbocycles. The average Bonchev–Trinajstić information content (AvgIpc) is 3.71. The van der Waals surface area contributed by atoms with Gasteiger partial charge in [-0.25, -0.2) is 27.4 Å².